The van der Waals surface area contributed by atoms with Crippen molar-refractivity contribution in [3.05, 3.63) is 40.5 Å². The van der Waals surface area contributed by atoms with Crippen molar-refractivity contribution in [1.29, 1.82) is 0 Å². The lowest BCUT2D eigenvalue weighted by Gasteiger charge is -2.22. The first kappa shape index (κ1) is 17.5. The fraction of sp³-hybridized carbons (Fsp3) is 0.444. The maximum atomic E-state index is 6.19. The summed E-state index contributed by atoms with van der Waals surface area (Å²) in [6.07, 6.45) is 2.15. The lowest BCUT2D eigenvalue weighted by atomic mass is 10.2. The number of halogens is 1. The van der Waals surface area contributed by atoms with E-state index in [0.717, 1.165) is 59.7 Å². The van der Waals surface area contributed by atoms with Gasteiger partial charge in [0.1, 0.15) is 5.82 Å². The highest BCUT2D eigenvalue weighted by atomic mass is 35.5. The summed E-state index contributed by atoms with van der Waals surface area (Å²) in [7, 11) is 0. The highest BCUT2D eigenvalue weighted by molar-refractivity contribution is 6.31. The summed E-state index contributed by atoms with van der Waals surface area (Å²) in [5, 5.41) is 4.08. The lowest BCUT2D eigenvalue weighted by molar-refractivity contribution is 0.720. The largest absolute Gasteiger partial charge is 0.341 e. The molecule has 2 aromatic rings. The number of aryl methyl sites for hydroxylation is 2. The molecule has 0 aliphatic heterocycles. The molecule has 1 aromatic heterocycles. The van der Waals surface area contributed by atoms with E-state index in [9.17, 15) is 0 Å². The van der Waals surface area contributed by atoms with Crippen molar-refractivity contribution >= 4 is 29.1 Å². The first-order valence-electron chi connectivity index (χ1n) is 8.17. The maximum Gasteiger partial charge on any atom is 0.227 e. The summed E-state index contributed by atoms with van der Waals surface area (Å²) in [5.74, 6) is 1.58. The van der Waals surface area contributed by atoms with Crippen LogP contribution in [0.3, 0.4) is 0 Å². The average Bonchev–Trinajstić information content (AvgIpc) is 2.50. The van der Waals surface area contributed by atoms with Crippen molar-refractivity contribution in [1.82, 2.24) is 9.97 Å². The molecule has 0 amide bonds. The van der Waals surface area contributed by atoms with E-state index in [1.54, 1.807) is 0 Å². The van der Waals surface area contributed by atoms with E-state index in [-0.39, 0.29) is 0 Å². The summed E-state index contributed by atoms with van der Waals surface area (Å²) in [4.78, 5) is 11.5. The van der Waals surface area contributed by atoms with Crippen LogP contribution >= 0.6 is 11.6 Å². The molecular weight excluding hydrogens is 308 g/mol. The summed E-state index contributed by atoms with van der Waals surface area (Å²) in [6.45, 7) is 10.3. The Morgan fingerprint density at radius 1 is 1.04 bits per heavy atom. The molecule has 1 aromatic carbocycles. The highest BCUT2D eigenvalue weighted by Gasteiger charge is 2.10. The predicted molar refractivity (Wildman–Crippen MR) is 99.0 cm³/mol. The lowest BCUT2D eigenvalue weighted by Crippen LogP contribution is -2.27. The van der Waals surface area contributed by atoms with Crippen molar-refractivity contribution in [2.24, 2.45) is 0 Å². The van der Waals surface area contributed by atoms with Crippen molar-refractivity contribution in [2.45, 2.75) is 40.5 Å². The van der Waals surface area contributed by atoms with Crippen LogP contribution in [0, 0.1) is 13.8 Å². The molecule has 0 fully saturated rings. The molecule has 5 heteroatoms. The van der Waals surface area contributed by atoms with Crippen molar-refractivity contribution < 1.29 is 0 Å². The molecule has 0 radical (unpaired) electrons. The molecule has 2 rings (SSSR count). The SMILES string of the molecule is CCCN(CCC)c1nc(C)cc(Nc2ccc(C)c(Cl)c2)n1. The van der Waals surface area contributed by atoms with Crippen LogP contribution < -0.4 is 10.2 Å². The zero-order valence-electron chi connectivity index (χ0n) is 14.4. The van der Waals surface area contributed by atoms with Gasteiger partial charge in [0.25, 0.3) is 0 Å². The summed E-state index contributed by atoms with van der Waals surface area (Å²) >= 11 is 6.19. The number of anilines is 3. The van der Waals surface area contributed by atoms with Crippen LogP contribution in [0.1, 0.15) is 37.9 Å². The minimum atomic E-state index is 0.750. The Labute approximate surface area is 143 Å². The Kier molecular flexibility index (Phi) is 6.22. The monoisotopic (exact) mass is 332 g/mol. The van der Waals surface area contributed by atoms with Crippen LogP contribution in [0.2, 0.25) is 5.02 Å². The molecule has 0 aliphatic rings. The van der Waals surface area contributed by atoms with Crippen LogP contribution in [0.4, 0.5) is 17.5 Å². The first-order chi connectivity index (χ1) is 11.0. The van der Waals surface area contributed by atoms with Crippen molar-refractivity contribution in [3.63, 3.8) is 0 Å². The Hall–Kier alpha value is -1.81. The Morgan fingerprint density at radius 2 is 1.74 bits per heavy atom. The van der Waals surface area contributed by atoms with Gasteiger partial charge in [-0.25, -0.2) is 4.98 Å². The summed E-state index contributed by atoms with van der Waals surface area (Å²) in [6, 6.07) is 7.88. The predicted octanol–water partition coefficient (Wildman–Crippen LogP) is 5.12. The fourth-order valence-corrected chi connectivity index (χ4v) is 2.61. The van der Waals surface area contributed by atoms with E-state index < -0.39 is 0 Å². The Morgan fingerprint density at radius 3 is 2.35 bits per heavy atom. The van der Waals surface area contributed by atoms with Gasteiger partial charge in [0, 0.05) is 35.6 Å². The van der Waals surface area contributed by atoms with Crippen molar-refractivity contribution in [2.75, 3.05) is 23.3 Å². The highest BCUT2D eigenvalue weighted by Crippen LogP contribution is 2.23. The molecule has 1 N–H and O–H groups in total. The zero-order chi connectivity index (χ0) is 16.8. The molecule has 23 heavy (non-hydrogen) atoms. The molecule has 1 heterocycles. The number of hydrogen-bond donors (Lipinski definition) is 1. The van der Waals surface area contributed by atoms with Gasteiger partial charge in [-0.05, 0) is 44.4 Å². The quantitative estimate of drug-likeness (QED) is 0.764. The average molecular weight is 333 g/mol. The topological polar surface area (TPSA) is 41.1 Å². The molecule has 0 saturated carbocycles. The van der Waals surface area contributed by atoms with Gasteiger partial charge in [-0.2, -0.15) is 4.98 Å². The third kappa shape index (κ3) is 4.83. The third-order valence-corrected chi connectivity index (χ3v) is 3.96. The van der Waals surface area contributed by atoms with E-state index in [4.69, 9.17) is 11.6 Å². The molecule has 0 bridgehead atoms. The second-order valence-electron chi connectivity index (χ2n) is 5.77. The normalized spacial score (nSPS) is 10.7. The Balaban J connectivity index is 2.26. The van der Waals surface area contributed by atoms with Crippen LogP contribution in [0.5, 0.6) is 0 Å². The van der Waals surface area contributed by atoms with Gasteiger partial charge in [0.15, 0.2) is 0 Å². The van der Waals surface area contributed by atoms with Crippen LogP contribution in [0.15, 0.2) is 24.3 Å². The van der Waals surface area contributed by atoms with Crippen LogP contribution in [-0.2, 0) is 0 Å². The number of aromatic nitrogens is 2. The van der Waals surface area contributed by atoms with Gasteiger partial charge >= 0.3 is 0 Å². The van der Waals surface area contributed by atoms with Crippen LogP contribution in [-0.4, -0.2) is 23.1 Å². The van der Waals surface area contributed by atoms with E-state index in [0.29, 0.717) is 0 Å². The van der Waals surface area contributed by atoms with Gasteiger partial charge < -0.3 is 10.2 Å². The minimum Gasteiger partial charge on any atom is -0.341 e. The molecule has 124 valence electrons. The first-order valence-corrected chi connectivity index (χ1v) is 8.55. The molecule has 0 aliphatic carbocycles. The van der Waals surface area contributed by atoms with Crippen molar-refractivity contribution in [3.8, 4) is 0 Å². The van der Waals surface area contributed by atoms with Gasteiger partial charge in [-0.3, -0.25) is 0 Å². The minimum absolute atomic E-state index is 0.750. The standard InChI is InChI=1S/C18H25ClN4/c1-5-9-23(10-6-2)18-20-14(4)11-17(22-18)21-15-8-7-13(3)16(19)12-15/h7-8,11-12H,5-6,9-10H2,1-4H3,(H,20,21,22). The molecule has 4 nitrogen and oxygen atoms in total. The van der Waals surface area contributed by atoms with Gasteiger partial charge in [0.05, 0.1) is 0 Å². The summed E-state index contributed by atoms with van der Waals surface area (Å²) < 4.78 is 0. The Bertz CT molecular complexity index is 651. The van der Waals surface area contributed by atoms with E-state index in [1.807, 2.05) is 38.1 Å². The van der Waals surface area contributed by atoms with E-state index in [2.05, 4.69) is 34.0 Å². The van der Waals surface area contributed by atoms with Crippen LogP contribution in [0.25, 0.3) is 0 Å². The molecule has 0 spiro atoms. The second kappa shape index (κ2) is 8.16. The number of hydrogen-bond acceptors (Lipinski definition) is 4. The third-order valence-electron chi connectivity index (χ3n) is 3.56. The van der Waals surface area contributed by atoms with E-state index in [1.165, 1.54) is 0 Å². The number of nitrogens with one attached hydrogen (secondary N) is 1. The fourth-order valence-electron chi connectivity index (χ4n) is 2.43. The maximum absolute atomic E-state index is 6.19. The van der Waals surface area contributed by atoms with E-state index >= 15 is 0 Å². The smallest absolute Gasteiger partial charge is 0.227 e. The number of nitrogens with zero attached hydrogens (tertiary/aromatic N) is 3. The van der Waals surface area contributed by atoms with Gasteiger partial charge in [0.2, 0.25) is 5.95 Å². The van der Waals surface area contributed by atoms with Gasteiger partial charge in [-0.1, -0.05) is 31.5 Å². The summed E-state index contributed by atoms with van der Waals surface area (Å²) in [5.41, 5.74) is 2.95. The molecule has 0 saturated heterocycles. The second-order valence-corrected chi connectivity index (χ2v) is 6.18. The van der Waals surface area contributed by atoms with Gasteiger partial charge in [-0.15, -0.1) is 0 Å². The zero-order valence-corrected chi connectivity index (χ0v) is 15.1. The number of rotatable bonds is 7. The number of benzene rings is 1. The molecule has 0 atom stereocenters. The molecule has 0 unspecified atom stereocenters. The molecular formula is C18H25ClN4.